The van der Waals surface area contributed by atoms with Crippen LogP contribution >= 0.6 is 0 Å². The van der Waals surface area contributed by atoms with E-state index in [2.05, 4.69) is 20.6 Å². The molecular weight excluding hydrogens is 383 g/mol. The van der Waals surface area contributed by atoms with Crippen LogP contribution in [0.2, 0.25) is 0 Å². The van der Waals surface area contributed by atoms with Gasteiger partial charge in [-0.05, 0) is 24.3 Å². The molecule has 1 heterocycles. The van der Waals surface area contributed by atoms with Crippen LogP contribution < -0.4 is 25.8 Å². The second kappa shape index (κ2) is 8.25. The molecule has 0 aliphatic rings. The van der Waals surface area contributed by atoms with Gasteiger partial charge in [-0.3, -0.25) is 10.1 Å². The lowest BCUT2D eigenvalue weighted by molar-refractivity contribution is -0.383. The second-order valence-corrected chi connectivity index (χ2v) is 5.68. The zero-order chi connectivity index (χ0) is 21.0. The number of rotatable bonds is 7. The molecule has 4 N–H and O–H groups in total. The van der Waals surface area contributed by atoms with Crippen LogP contribution in [0.3, 0.4) is 0 Å². The molecule has 0 saturated heterocycles. The summed E-state index contributed by atoms with van der Waals surface area (Å²) in [5.74, 6) is -0.338. The number of hydrogen-bond donors (Lipinski definition) is 3. The first-order valence-electron chi connectivity index (χ1n) is 8.25. The van der Waals surface area contributed by atoms with Crippen LogP contribution in [0.1, 0.15) is 0 Å². The number of nitrogen functional groups attached to an aromatic ring is 1. The first-order chi connectivity index (χ1) is 13.9. The molecule has 0 aliphatic carbocycles. The van der Waals surface area contributed by atoms with Crippen LogP contribution in [-0.4, -0.2) is 29.1 Å². The van der Waals surface area contributed by atoms with E-state index >= 15 is 0 Å². The van der Waals surface area contributed by atoms with Gasteiger partial charge in [0, 0.05) is 6.07 Å². The third-order valence-corrected chi connectivity index (χ3v) is 3.87. The van der Waals surface area contributed by atoms with Gasteiger partial charge in [0.05, 0.1) is 30.5 Å². The summed E-state index contributed by atoms with van der Waals surface area (Å²) in [4.78, 5) is 18.7. The summed E-state index contributed by atoms with van der Waals surface area (Å²) in [5, 5.41) is 16.9. The van der Waals surface area contributed by atoms with Crippen molar-refractivity contribution in [3.63, 3.8) is 0 Å². The fourth-order valence-electron chi connectivity index (χ4n) is 2.52. The smallest absolute Gasteiger partial charge is 0.353 e. The minimum absolute atomic E-state index is 0.00129. The summed E-state index contributed by atoms with van der Waals surface area (Å²) in [6.45, 7) is 0. The summed E-state index contributed by atoms with van der Waals surface area (Å²) in [6, 6.07) is 10.7. The van der Waals surface area contributed by atoms with Gasteiger partial charge < -0.3 is 25.8 Å². The normalized spacial score (nSPS) is 10.3. The highest BCUT2D eigenvalue weighted by atomic mass is 19.1. The number of nitrogens with zero attached hydrogens (tertiary/aromatic N) is 3. The van der Waals surface area contributed by atoms with Crippen molar-refractivity contribution in [3.8, 4) is 11.5 Å². The van der Waals surface area contributed by atoms with Crippen LogP contribution in [0, 0.1) is 15.9 Å². The maximum absolute atomic E-state index is 14.0. The fraction of sp³-hybridized carbons (Fsp3) is 0.111. The SMILES string of the molecule is COc1ccc(OC)c(Nc2nc(N)c([N+](=O)[O-])c(Nc3ccccc3F)n2)c1. The number of hydrogen-bond acceptors (Lipinski definition) is 9. The van der Waals surface area contributed by atoms with Gasteiger partial charge in [-0.2, -0.15) is 9.97 Å². The van der Waals surface area contributed by atoms with Crippen LogP contribution in [0.15, 0.2) is 42.5 Å². The Hall–Kier alpha value is -4.15. The molecule has 0 amide bonds. The standard InChI is InChI=1S/C18H17FN6O4/c1-28-10-7-8-14(29-2)13(9-10)22-18-23-16(20)15(25(26)27)17(24-18)21-12-6-4-3-5-11(12)19/h3-9H,1-2H3,(H4,20,21,22,23,24). The van der Waals surface area contributed by atoms with Crippen molar-refractivity contribution in [1.82, 2.24) is 9.97 Å². The summed E-state index contributed by atoms with van der Waals surface area (Å²) >= 11 is 0. The first-order valence-corrected chi connectivity index (χ1v) is 8.25. The second-order valence-electron chi connectivity index (χ2n) is 5.68. The molecule has 0 saturated carbocycles. The van der Waals surface area contributed by atoms with Crippen LogP contribution in [0.25, 0.3) is 0 Å². The number of benzene rings is 2. The molecule has 3 aromatic rings. The molecule has 0 spiro atoms. The average Bonchev–Trinajstić information content (AvgIpc) is 2.69. The van der Waals surface area contributed by atoms with E-state index in [0.717, 1.165) is 0 Å². The van der Waals surface area contributed by atoms with Gasteiger partial charge in [0.2, 0.25) is 17.6 Å². The Kier molecular flexibility index (Phi) is 5.58. The van der Waals surface area contributed by atoms with Crippen molar-refractivity contribution >= 4 is 34.6 Å². The van der Waals surface area contributed by atoms with E-state index in [0.29, 0.717) is 17.2 Å². The Morgan fingerprint density at radius 1 is 1.07 bits per heavy atom. The molecule has 0 fully saturated rings. The van der Waals surface area contributed by atoms with Gasteiger partial charge in [-0.15, -0.1) is 0 Å². The quantitative estimate of drug-likeness (QED) is 0.401. The number of nitrogens with one attached hydrogen (secondary N) is 2. The van der Waals surface area contributed by atoms with Gasteiger partial charge >= 0.3 is 5.69 Å². The Balaban J connectivity index is 2.04. The maximum atomic E-state index is 14.0. The highest BCUT2D eigenvalue weighted by molar-refractivity contribution is 5.76. The van der Waals surface area contributed by atoms with Crippen molar-refractivity contribution in [2.75, 3.05) is 30.6 Å². The van der Waals surface area contributed by atoms with Crippen molar-refractivity contribution in [2.45, 2.75) is 0 Å². The summed E-state index contributed by atoms with van der Waals surface area (Å²) in [6.07, 6.45) is 0. The van der Waals surface area contributed by atoms with E-state index in [4.69, 9.17) is 15.2 Å². The lowest BCUT2D eigenvalue weighted by Crippen LogP contribution is -2.09. The minimum atomic E-state index is -0.742. The number of nitro groups is 1. The molecule has 0 bridgehead atoms. The van der Waals surface area contributed by atoms with Gasteiger partial charge in [-0.1, -0.05) is 12.1 Å². The molecule has 0 aliphatic heterocycles. The zero-order valence-corrected chi connectivity index (χ0v) is 15.5. The van der Waals surface area contributed by atoms with Gasteiger partial charge in [0.25, 0.3) is 0 Å². The van der Waals surface area contributed by atoms with Crippen LogP contribution in [0.4, 0.5) is 39.0 Å². The third-order valence-electron chi connectivity index (χ3n) is 3.87. The van der Waals surface area contributed by atoms with Crippen molar-refractivity contribution < 1.29 is 18.8 Å². The molecule has 0 atom stereocenters. The average molecular weight is 400 g/mol. The Labute approximate surface area is 164 Å². The highest BCUT2D eigenvalue weighted by Crippen LogP contribution is 2.35. The number of ether oxygens (including phenoxy) is 2. The first kappa shape index (κ1) is 19.6. The van der Waals surface area contributed by atoms with E-state index < -0.39 is 22.2 Å². The molecule has 3 rings (SSSR count). The summed E-state index contributed by atoms with van der Waals surface area (Å²) < 4.78 is 24.4. The zero-order valence-electron chi connectivity index (χ0n) is 15.5. The Morgan fingerprint density at radius 2 is 1.83 bits per heavy atom. The number of aromatic nitrogens is 2. The van der Waals surface area contributed by atoms with E-state index in [9.17, 15) is 14.5 Å². The molecule has 1 aromatic heterocycles. The molecule has 150 valence electrons. The monoisotopic (exact) mass is 400 g/mol. The Bertz CT molecular complexity index is 1060. The van der Waals surface area contributed by atoms with Gasteiger partial charge in [-0.25, -0.2) is 4.39 Å². The van der Waals surface area contributed by atoms with E-state index in [1.54, 1.807) is 24.3 Å². The van der Waals surface area contributed by atoms with Crippen molar-refractivity contribution in [3.05, 3.63) is 58.4 Å². The highest BCUT2D eigenvalue weighted by Gasteiger charge is 2.24. The van der Waals surface area contributed by atoms with Crippen molar-refractivity contribution in [2.24, 2.45) is 0 Å². The van der Waals surface area contributed by atoms with Crippen LogP contribution in [0.5, 0.6) is 11.5 Å². The molecule has 29 heavy (non-hydrogen) atoms. The summed E-state index contributed by atoms with van der Waals surface area (Å²) in [7, 11) is 2.98. The maximum Gasteiger partial charge on any atom is 0.353 e. The molecule has 10 nitrogen and oxygen atoms in total. The predicted octanol–water partition coefficient (Wildman–Crippen LogP) is 3.61. The number of nitrogens with two attached hydrogens (primary N) is 1. The van der Waals surface area contributed by atoms with E-state index in [1.807, 2.05) is 0 Å². The largest absolute Gasteiger partial charge is 0.497 e. The lowest BCUT2D eigenvalue weighted by atomic mass is 10.2. The molecule has 11 heteroatoms. The summed E-state index contributed by atoms with van der Waals surface area (Å²) in [5.41, 5.74) is 5.64. The molecular formula is C18H17FN6O4. The number of methoxy groups -OCH3 is 2. The van der Waals surface area contributed by atoms with E-state index in [-0.39, 0.29) is 17.5 Å². The Morgan fingerprint density at radius 3 is 2.48 bits per heavy atom. The number of para-hydroxylation sites is 1. The molecule has 0 unspecified atom stereocenters. The van der Waals surface area contributed by atoms with E-state index in [1.165, 1.54) is 32.4 Å². The van der Waals surface area contributed by atoms with Crippen LogP contribution in [-0.2, 0) is 0 Å². The number of halogens is 1. The van der Waals surface area contributed by atoms with Crippen molar-refractivity contribution in [1.29, 1.82) is 0 Å². The van der Waals surface area contributed by atoms with Gasteiger partial charge in [0.1, 0.15) is 17.3 Å². The predicted molar refractivity (Wildman–Crippen MR) is 106 cm³/mol. The third kappa shape index (κ3) is 4.24. The minimum Gasteiger partial charge on any atom is -0.497 e. The number of anilines is 5. The fourth-order valence-corrected chi connectivity index (χ4v) is 2.52. The molecule has 2 aromatic carbocycles. The topological polar surface area (TPSA) is 137 Å². The lowest BCUT2D eigenvalue weighted by Gasteiger charge is -2.13. The van der Waals surface area contributed by atoms with Gasteiger partial charge in [0.15, 0.2) is 0 Å². The molecule has 0 radical (unpaired) electrons.